The Labute approximate surface area is 149 Å². The standard InChI is InChI=1S/C15H24N2O5S.ClH/c1-4-12-14(9-13(22-12)15(18)21-3)23(19,20)17-7-5-11(6-8-17)10(2)16;/h9-11H,4-8,16H2,1-3H3;1H. The van der Waals surface area contributed by atoms with Crippen molar-refractivity contribution in [1.29, 1.82) is 0 Å². The molecule has 0 saturated carbocycles. The van der Waals surface area contributed by atoms with Crippen LogP contribution in [-0.4, -0.2) is 44.9 Å². The van der Waals surface area contributed by atoms with E-state index in [1.54, 1.807) is 6.92 Å². The zero-order valence-corrected chi connectivity index (χ0v) is 15.8. The summed E-state index contributed by atoms with van der Waals surface area (Å²) in [6, 6.07) is 1.32. The Hall–Kier alpha value is -1.09. The van der Waals surface area contributed by atoms with E-state index >= 15 is 0 Å². The second kappa shape index (κ2) is 8.33. The van der Waals surface area contributed by atoms with Crippen LogP contribution >= 0.6 is 12.4 Å². The van der Waals surface area contributed by atoms with Crippen molar-refractivity contribution in [2.45, 2.75) is 44.0 Å². The van der Waals surface area contributed by atoms with Crippen LogP contribution in [0.5, 0.6) is 0 Å². The number of sulfonamides is 1. The Bertz CT molecular complexity index is 663. The molecule has 1 aliphatic rings. The molecular weight excluding hydrogens is 356 g/mol. The molecule has 1 unspecified atom stereocenters. The summed E-state index contributed by atoms with van der Waals surface area (Å²) in [5, 5.41) is 0. The van der Waals surface area contributed by atoms with Gasteiger partial charge in [0, 0.05) is 31.6 Å². The molecule has 1 atom stereocenters. The number of piperidine rings is 1. The van der Waals surface area contributed by atoms with Gasteiger partial charge in [0.05, 0.1) is 7.11 Å². The average Bonchev–Trinajstić information content (AvgIpc) is 2.99. The number of furan rings is 1. The number of methoxy groups -OCH3 is 1. The van der Waals surface area contributed by atoms with Crippen molar-refractivity contribution in [2.75, 3.05) is 20.2 Å². The summed E-state index contributed by atoms with van der Waals surface area (Å²) in [6.45, 7) is 4.58. The molecule has 0 amide bonds. The zero-order valence-electron chi connectivity index (χ0n) is 14.1. The van der Waals surface area contributed by atoms with Crippen LogP contribution in [0, 0.1) is 5.92 Å². The van der Waals surface area contributed by atoms with Crippen LogP contribution in [0.15, 0.2) is 15.4 Å². The number of esters is 1. The number of carbonyl (C=O) groups excluding carboxylic acids is 1. The van der Waals surface area contributed by atoms with Gasteiger partial charge in [-0.3, -0.25) is 0 Å². The predicted octanol–water partition coefficient (Wildman–Crippen LogP) is 1.80. The predicted molar refractivity (Wildman–Crippen MR) is 91.8 cm³/mol. The highest BCUT2D eigenvalue weighted by Crippen LogP contribution is 2.29. The van der Waals surface area contributed by atoms with Crippen LogP contribution in [0.2, 0.25) is 0 Å². The minimum absolute atomic E-state index is 0. The minimum Gasteiger partial charge on any atom is -0.463 e. The SMILES string of the molecule is CCc1oc(C(=O)OC)cc1S(=O)(=O)N1CCC(C(C)N)CC1.Cl. The lowest BCUT2D eigenvalue weighted by molar-refractivity contribution is 0.0563. The lowest BCUT2D eigenvalue weighted by atomic mass is 9.92. The highest BCUT2D eigenvalue weighted by atomic mass is 35.5. The highest BCUT2D eigenvalue weighted by molar-refractivity contribution is 7.89. The number of aryl methyl sites for hydroxylation is 1. The first-order valence-corrected chi connectivity index (χ1v) is 9.22. The molecule has 0 spiro atoms. The maximum Gasteiger partial charge on any atom is 0.373 e. The van der Waals surface area contributed by atoms with E-state index in [4.69, 9.17) is 10.2 Å². The van der Waals surface area contributed by atoms with Crippen LogP contribution < -0.4 is 5.73 Å². The normalized spacial score (nSPS) is 18.0. The molecule has 2 heterocycles. The van der Waals surface area contributed by atoms with Gasteiger partial charge in [-0.15, -0.1) is 12.4 Å². The van der Waals surface area contributed by atoms with Crippen molar-refractivity contribution < 1.29 is 22.4 Å². The van der Waals surface area contributed by atoms with Crippen LogP contribution in [0.25, 0.3) is 0 Å². The molecule has 1 fully saturated rings. The van der Waals surface area contributed by atoms with Crippen molar-refractivity contribution in [3.63, 3.8) is 0 Å². The molecule has 2 N–H and O–H groups in total. The summed E-state index contributed by atoms with van der Waals surface area (Å²) in [7, 11) is -2.46. The molecule has 2 rings (SSSR count). The van der Waals surface area contributed by atoms with Gasteiger partial charge in [-0.1, -0.05) is 6.92 Å². The fourth-order valence-electron chi connectivity index (χ4n) is 2.86. The van der Waals surface area contributed by atoms with Crippen molar-refractivity contribution in [1.82, 2.24) is 4.31 Å². The molecule has 0 radical (unpaired) electrons. The van der Waals surface area contributed by atoms with E-state index in [-0.39, 0.29) is 34.9 Å². The quantitative estimate of drug-likeness (QED) is 0.781. The second-order valence-electron chi connectivity index (χ2n) is 5.84. The molecule has 1 aliphatic heterocycles. The van der Waals surface area contributed by atoms with E-state index < -0.39 is 16.0 Å². The largest absolute Gasteiger partial charge is 0.463 e. The van der Waals surface area contributed by atoms with Crippen molar-refractivity contribution >= 4 is 28.4 Å². The molecule has 0 bridgehead atoms. The molecule has 1 aromatic heterocycles. The fourth-order valence-corrected chi connectivity index (χ4v) is 4.56. The van der Waals surface area contributed by atoms with Crippen molar-refractivity contribution in [3.8, 4) is 0 Å². The zero-order chi connectivity index (χ0) is 17.2. The third-order valence-electron chi connectivity index (χ3n) is 4.34. The minimum atomic E-state index is -3.68. The van der Waals surface area contributed by atoms with E-state index in [1.165, 1.54) is 17.5 Å². The lowest BCUT2D eigenvalue weighted by Crippen LogP contribution is -2.42. The number of halogens is 1. The van der Waals surface area contributed by atoms with E-state index in [9.17, 15) is 13.2 Å². The van der Waals surface area contributed by atoms with Gasteiger partial charge in [0.25, 0.3) is 0 Å². The Morgan fingerprint density at radius 1 is 1.46 bits per heavy atom. The van der Waals surface area contributed by atoms with E-state index in [0.29, 0.717) is 25.4 Å². The molecule has 1 aromatic rings. The first-order valence-electron chi connectivity index (χ1n) is 7.78. The Balaban J connectivity index is 0.00000288. The van der Waals surface area contributed by atoms with Crippen LogP contribution in [-0.2, 0) is 21.2 Å². The number of nitrogens with two attached hydrogens (primary N) is 1. The monoisotopic (exact) mass is 380 g/mol. The van der Waals surface area contributed by atoms with Gasteiger partial charge in [-0.25, -0.2) is 13.2 Å². The van der Waals surface area contributed by atoms with Gasteiger partial charge in [-0.2, -0.15) is 4.31 Å². The number of nitrogens with zero attached hydrogens (tertiary/aromatic N) is 1. The van der Waals surface area contributed by atoms with Crippen molar-refractivity contribution in [3.05, 3.63) is 17.6 Å². The van der Waals surface area contributed by atoms with Crippen LogP contribution in [0.1, 0.15) is 43.0 Å². The summed E-state index contributed by atoms with van der Waals surface area (Å²) < 4.78 is 37.1. The van der Waals surface area contributed by atoms with Gasteiger partial charge < -0.3 is 14.9 Å². The summed E-state index contributed by atoms with van der Waals surface area (Å²) in [6.07, 6.45) is 1.85. The number of ether oxygens (including phenoxy) is 1. The van der Waals surface area contributed by atoms with E-state index in [0.717, 1.165) is 12.8 Å². The number of rotatable bonds is 5. The molecule has 9 heteroatoms. The summed E-state index contributed by atoms with van der Waals surface area (Å²) in [5.41, 5.74) is 5.90. The van der Waals surface area contributed by atoms with Gasteiger partial charge in [0.15, 0.2) is 0 Å². The molecule has 0 aliphatic carbocycles. The fraction of sp³-hybridized carbons (Fsp3) is 0.667. The van der Waals surface area contributed by atoms with Gasteiger partial charge >= 0.3 is 5.97 Å². The Morgan fingerprint density at radius 2 is 2.04 bits per heavy atom. The van der Waals surface area contributed by atoms with Gasteiger partial charge in [0.1, 0.15) is 10.7 Å². The first kappa shape index (κ1) is 21.0. The van der Waals surface area contributed by atoms with Gasteiger partial charge in [0.2, 0.25) is 15.8 Å². The average molecular weight is 381 g/mol. The number of hydrogen-bond donors (Lipinski definition) is 1. The van der Waals surface area contributed by atoms with Crippen LogP contribution in [0.3, 0.4) is 0 Å². The third kappa shape index (κ3) is 4.11. The van der Waals surface area contributed by atoms with Crippen molar-refractivity contribution in [2.24, 2.45) is 11.7 Å². The summed E-state index contributed by atoms with van der Waals surface area (Å²) in [4.78, 5) is 11.6. The topological polar surface area (TPSA) is 103 Å². The number of hydrogen-bond acceptors (Lipinski definition) is 6. The molecule has 138 valence electrons. The molecule has 24 heavy (non-hydrogen) atoms. The summed E-state index contributed by atoms with van der Waals surface area (Å²) >= 11 is 0. The van der Waals surface area contributed by atoms with Crippen LogP contribution in [0.4, 0.5) is 0 Å². The second-order valence-corrected chi connectivity index (χ2v) is 7.75. The molecular formula is C15H25ClN2O5S. The van der Waals surface area contributed by atoms with E-state index in [2.05, 4.69) is 4.74 Å². The molecule has 0 aromatic carbocycles. The highest BCUT2D eigenvalue weighted by Gasteiger charge is 2.34. The van der Waals surface area contributed by atoms with E-state index in [1.807, 2.05) is 6.92 Å². The maximum atomic E-state index is 12.9. The lowest BCUT2D eigenvalue weighted by Gasteiger charge is -2.32. The first-order chi connectivity index (χ1) is 10.8. The Morgan fingerprint density at radius 3 is 2.50 bits per heavy atom. The molecule has 1 saturated heterocycles. The smallest absolute Gasteiger partial charge is 0.373 e. The maximum absolute atomic E-state index is 12.9. The third-order valence-corrected chi connectivity index (χ3v) is 6.28. The summed E-state index contributed by atoms with van der Waals surface area (Å²) in [5.74, 6) is -0.160. The number of carbonyl (C=O) groups is 1. The Kier molecular flexibility index (Phi) is 7.27. The molecule has 7 nitrogen and oxygen atoms in total. The van der Waals surface area contributed by atoms with Gasteiger partial charge in [-0.05, 0) is 25.7 Å².